The lowest BCUT2D eigenvalue weighted by Gasteiger charge is -2.12. The summed E-state index contributed by atoms with van der Waals surface area (Å²) in [4.78, 5) is 17.1. The normalized spacial score (nSPS) is 11.3. The topological polar surface area (TPSA) is 80.0 Å². The summed E-state index contributed by atoms with van der Waals surface area (Å²) in [5, 5.41) is 11.8. The fourth-order valence-electron chi connectivity index (χ4n) is 3.25. The van der Waals surface area contributed by atoms with Crippen molar-refractivity contribution in [2.24, 2.45) is 0 Å². The van der Waals surface area contributed by atoms with Crippen LogP contribution in [0.25, 0.3) is 22.0 Å². The molecule has 0 radical (unpaired) electrons. The standard InChI is InChI=1S/C23H17F3N4O2/c24-23(25,26)32-19-9-6-15(7-10-19)18-8-11-20(27)30(14-18)22(31)29-13-17-4-1-3-16-5-2-12-28-21(16)17/h1-12,14,27H,13H2,(H,29,31). The van der Waals surface area contributed by atoms with Crippen molar-refractivity contribution in [1.82, 2.24) is 14.9 Å². The Bertz CT molecular complexity index is 1330. The minimum Gasteiger partial charge on any atom is -0.406 e. The van der Waals surface area contributed by atoms with Gasteiger partial charge in [0.2, 0.25) is 0 Å². The molecule has 162 valence electrons. The molecule has 2 aromatic heterocycles. The number of hydrogen-bond acceptors (Lipinski definition) is 4. The van der Waals surface area contributed by atoms with Crippen LogP contribution in [0, 0.1) is 5.41 Å². The molecule has 4 aromatic rings. The van der Waals surface area contributed by atoms with E-state index in [1.807, 2.05) is 30.3 Å². The Balaban J connectivity index is 1.53. The molecule has 32 heavy (non-hydrogen) atoms. The van der Waals surface area contributed by atoms with Crippen LogP contribution in [0.5, 0.6) is 5.75 Å². The van der Waals surface area contributed by atoms with Gasteiger partial charge in [-0.2, -0.15) is 0 Å². The van der Waals surface area contributed by atoms with Crippen LogP contribution in [-0.4, -0.2) is 21.9 Å². The van der Waals surface area contributed by atoms with E-state index in [0.717, 1.165) is 21.0 Å². The highest BCUT2D eigenvalue weighted by atomic mass is 19.4. The molecular formula is C23H17F3N4O2. The number of amides is 1. The van der Waals surface area contributed by atoms with Crippen molar-refractivity contribution in [3.05, 3.63) is 90.2 Å². The number of fused-ring (bicyclic) bond motifs is 1. The van der Waals surface area contributed by atoms with Crippen molar-refractivity contribution in [2.45, 2.75) is 12.9 Å². The second-order valence-electron chi connectivity index (χ2n) is 6.90. The Labute approximate surface area is 180 Å². The van der Waals surface area contributed by atoms with E-state index in [9.17, 15) is 18.0 Å². The van der Waals surface area contributed by atoms with Gasteiger partial charge in [-0.25, -0.2) is 4.79 Å². The van der Waals surface area contributed by atoms with Crippen molar-refractivity contribution >= 4 is 16.9 Å². The number of halogens is 3. The Morgan fingerprint density at radius 2 is 1.72 bits per heavy atom. The third-order valence-electron chi connectivity index (χ3n) is 4.73. The van der Waals surface area contributed by atoms with Gasteiger partial charge in [0.1, 0.15) is 11.2 Å². The van der Waals surface area contributed by atoms with Gasteiger partial charge in [0.25, 0.3) is 0 Å². The van der Waals surface area contributed by atoms with Crippen LogP contribution in [-0.2, 0) is 6.54 Å². The van der Waals surface area contributed by atoms with Crippen LogP contribution in [0.4, 0.5) is 18.0 Å². The Morgan fingerprint density at radius 1 is 1.00 bits per heavy atom. The van der Waals surface area contributed by atoms with Crippen molar-refractivity contribution in [3.8, 4) is 16.9 Å². The molecule has 2 heterocycles. The third kappa shape index (κ3) is 4.77. The first-order chi connectivity index (χ1) is 15.3. The number of nitrogens with one attached hydrogen (secondary N) is 2. The first-order valence-electron chi connectivity index (χ1n) is 9.54. The van der Waals surface area contributed by atoms with E-state index < -0.39 is 12.4 Å². The predicted octanol–water partition coefficient (Wildman–Crippen LogP) is 4.84. The summed E-state index contributed by atoms with van der Waals surface area (Å²) in [7, 11) is 0. The Kier molecular flexibility index (Phi) is 5.63. The number of carbonyl (C=O) groups is 1. The molecule has 0 unspecified atom stereocenters. The molecule has 2 aromatic carbocycles. The molecule has 0 aliphatic rings. The molecule has 2 N–H and O–H groups in total. The van der Waals surface area contributed by atoms with Crippen molar-refractivity contribution in [2.75, 3.05) is 0 Å². The number of pyridine rings is 2. The van der Waals surface area contributed by atoms with Gasteiger partial charge in [-0.05, 0) is 47.0 Å². The van der Waals surface area contributed by atoms with Crippen LogP contribution in [0.2, 0.25) is 0 Å². The van der Waals surface area contributed by atoms with Crippen LogP contribution in [0.3, 0.4) is 0 Å². The SMILES string of the molecule is N=c1ccc(-c2ccc(OC(F)(F)F)cc2)cn1C(=O)NCc1cccc2cccnc12. The van der Waals surface area contributed by atoms with Gasteiger partial charge in [0.15, 0.2) is 0 Å². The second kappa shape index (κ2) is 8.54. The number of ether oxygens (including phenoxy) is 1. The van der Waals surface area contributed by atoms with E-state index >= 15 is 0 Å². The minimum atomic E-state index is -4.77. The number of aromatic nitrogens is 2. The fourth-order valence-corrected chi connectivity index (χ4v) is 3.25. The lowest BCUT2D eigenvalue weighted by Crippen LogP contribution is -2.35. The van der Waals surface area contributed by atoms with Crippen molar-refractivity contribution in [1.29, 1.82) is 5.41 Å². The smallest absolute Gasteiger partial charge is 0.406 e. The molecule has 1 amide bonds. The molecule has 0 saturated heterocycles. The fraction of sp³-hybridized carbons (Fsp3) is 0.0870. The van der Waals surface area contributed by atoms with Crippen LogP contribution in [0.15, 0.2) is 79.1 Å². The maximum Gasteiger partial charge on any atom is 0.573 e. The predicted molar refractivity (Wildman–Crippen MR) is 112 cm³/mol. The largest absolute Gasteiger partial charge is 0.573 e. The van der Waals surface area contributed by atoms with E-state index in [1.165, 1.54) is 36.5 Å². The van der Waals surface area contributed by atoms with E-state index in [0.29, 0.717) is 11.1 Å². The van der Waals surface area contributed by atoms with Crippen LogP contribution < -0.4 is 15.5 Å². The van der Waals surface area contributed by atoms with Gasteiger partial charge in [0.05, 0.1) is 5.52 Å². The number of para-hydroxylation sites is 1. The zero-order valence-corrected chi connectivity index (χ0v) is 16.6. The van der Waals surface area contributed by atoms with Gasteiger partial charge < -0.3 is 10.1 Å². The average Bonchev–Trinajstić information content (AvgIpc) is 2.77. The number of alkyl halides is 3. The quantitative estimate of drug-likeness (QED) is 0.479. The molecule has 0 aliphatic carbocycles. The highest BCUT2D eigenvalue weighted by molar-refractivity contribution is 5.83. The molecule has 0 fully saturated rings. The Hall–Kier alpha value is -4.14. The summed E-state index contributed by atoms with van der Waals surface area (Å²) < 4.78 is 42.0. The highest BCUT2D eigenvalue weighted by Crippen LogP contribution is 2.26. The zero-order chi connectivity index (χ0) is 22.7. The summed E-state index contributed by atoms with van der Waals surface area (Å²) >= 11 is 0. The number of benzene rings is 2. The van der Waals surface area contributed by atoms with Crippen molar-refractivity contribution < 1.29 is 22.7 Å². The number of nitrogens with zero attached hydrogens (tertiary/aromatic N) is 2. The summed E-state index contributed by atoms with van der Waals surface area (Å²) in [6.07, 6.45) is -1.63. The minimum absolute atomic E-state index is 0.0423. The first-order valence-corrected chi connectivity index (χ1v) is 9.54. The second-order valence-corrected chi connectivity index (χ2v) is 6.90. The van der Waals surface area contributed by atoms with E-state index in [-0.39, 0.29) is 17.8 Å². The molecule has 4 rings (SSSR count). The molecule has 0 saturated carbocycles. The number of rotatable bonds is 4. The van der Waals surface area contributed by atoms with Gasteiger partial charge in [-0.3, -0.25) is 15.0 Å². The molecule has 9 heteroatoms. The van der Waals surface area contributed by atoms with Gasteiger partial charge in [-0.1, -0.05) is 36.4 Å². The average molecular weight is 438 g/mol. The lowest BCUT2D eigenvalue weighted by molar-refractivity contribution is -0.274. The summed E-state index contributed by atoms with van der Waals surface area (Å²) in [5.41, 5.74) is 2.70. The number of carbonyl (C=O) groups excluding carboxylic acids is 1. The summed E-state index contributed by atoms with van der Waals surface area (Å²) in [6, 6.07) is 17.2. The molecule has 6 nitrogen and oxygen atoms in total. The third-order valence-corrected chi connectivity index (χ3v) is 4.73. The molecule has 0 aliphatic heterocycles. The van der Waals surface area contributed by atoms with E-state index in [2.05, 4.69) is 15.0 Å². The Morgan fingerprint density at radius 3 is 2.47 bits per heavy atom. The van der Waals surface area contributed by atoms with E-state index in [4.69, 9.17) is 5.41 Å². The maximum atomic E-state index is 12.7. The molecule has 0 bridgehead atoms. The molecular weight excluding hydrogens is 421 g/mol. The van der Waals surface area contributed by atoms with Crippen LogP contribution in [0.1, 0.15) is 5.56 Å². The van der Waals surface area contributed by atoms with Gasteiger partial charge in [0, 0.05) is 24.3 Å². The van der Waals surface area contributed by atoms with Gasteiger partial charge >= 0.3 is 12.4 Å². The first kappa shape index (κ1) is 21.1. The maximum absolute atomic E-state index is 12.7. The van der Waals surface area contributed by atoms with Crippen LogP contribution >= 0.6 is 0 Å². The molecule has 0 spiro atoms. The van der Waals surface area contributed by atoms with Crippen molar-refractivity contribution in [3.63, 3.8) is 0 Å². The van der Waals surface area contributed by atoms with Gasteiger partial charge in [-0.15, -0.1) is 13.2 Å². The highest BCUT2D eigenvalue weighted by Gasteiger charge is 2.30. The summed E-state index contributed by atoms with van der Waals surface area (Å²) in [5.74, 6) is -0.340. The zero-order valence-electron chi connectivity index (χ0n) is 16.6. The lowest BCUT2D eigenvalue weighted by atomic mass is 10.1. The molecule has 0 atom stereocenters. The number of hydrogen-bond donors (Lipinski definition) is 2. The van der Waals surface area contributed by atoms with E-state index in [1.54, 1.807) is 12.3 Å². The monoisotopic (exact) mass is 438 g/mol. The summed E-state index contributed by atoms with van der Waals surface area (Å²) in [6.45, 7) is 0.216.